The van der Waals surface area contributed by atoms with Gasteiger partial charge in [0.15, 0.2) is 6.61 Å². The first-order chi connectivity index (χ1) is 12.7. The van der Waals surface area contributed by atoms with E-state index in [0.29, 0.717) is 10.6 Å². The predicted octanol–water partition coefficient (Wildman–Crippen LogP) is 3.26. The molecule has 1 aromatic heterocycles. The van der Waals surface area contributed by atoms with Crippen molar-refractivity contribution in [2.75, 3.05) is 11.9 Å². The summed E-state index contributed by atoms with van der Waals surface area (Å²) in [5, 5.41) is 1.52. The van der Waals surface area contributed by atoms with E-state index in [1.165, 1.54) is 12.1 Å². The number of fused-ring (bicyclic) bond motifs is 1. The molecule has 2 N–H and O–H groups in total. The highest BCUT2D eigenvalue weighted by Crippen LogP contribution is 2.40. The van der Waals surface area contributed by atoms with Gasteiger partial charge in [-0.2, -0.15) is 13.2 Å². The summed E-state index contributed by atoms with van der Waals surface area (Å²) in [5.74, 6) is -1.77. The van der Waals surface area contributed by atoms with Gasteiger partial charge in [0.05, 0.1) is 28.6 Å². The van der Waals surface area contributed by atoms with Crippen molar-refractivity contribution in [3.63, 3.8) is 0 Å². The largest absolute Gasteiger partial charge is 0.457 e. The zero-order valence-electron chi connectivity index (χ0n) is 13.6. The Morgan fingerprint density at radius 2 is 2.00 bits per heavy atom. The number of H-pyrrole nitrogens is 1. The maximum Gasteiger partial charge on any atom is 0.416 e. The average molecular weight is 398 g/mol. The summed E-state index contributed by atoms with van der Waals surface area (Å²) < 4.78 is 43.1. The molecule has 1 amide bonds. The van der Waals surface area contributed by atoms with Crippen molar-refractivity contribution < 1.29 is 32.3 Å². The molecule has 0 aliphatic carbocycles. The van der Waals surface area contributed by atoms with Gasteiger partial charge in [-0.25, -0.2) is 0 Å². The van der Waals surface area contributed by atoms with Crippen molar-refractivity contribution in [1.82, 2.24) is 4.98 Å². The third kappa shape index (κ3) is 4.51. The van der Waals surface area contributed by atoms with E-state index in [0.717, 1.165) is 23.9 Å². The number of thioether (sulfide) groups is 1. The SMILES string of the molecule is O=C(C[C@H]1Sc2ccc(C(F)(F)F)cc2NC1=O)OCC(=O)c1ccc[nH]1. The van der Waals surface area contributed by atoms with Gasteiger partial charge in [0.1, 0.15) is 0 Å². The molecule has 142 valence electrons. The van der Waals surface area contributed by atoms with Crippen molar-refractivity contribution in [1.29, 1.82) is 0 Å². The number of ketones is 1. The number of halogens is 3. The van der Waals surface area contributed by atoms with Crippen LogP contribution in [0.15, 0.2) is 41.4 Å². The van der Waals surface area contributed by atoms with Crippen LogP contribution < -0.4 is 5.32 Å². The van der Waals surface area contributed by atoms with Crippen LogP contribution in [0, 0.1) is 0 Å². The molecule has 0 fully saturated rings. The first kappa shape index (κ1) is 19.0. The molecule has 27 heavy (non-hydrogen) atoms. The molecule has 1 aliphatic rings. The number of hydrogen-bond donors (Lipinski definition) is 2. The van der Waals surface area contributed by atoms with Crippen LogP contribution in [-0.4, -0.2) is 34.5 Å². The molecule has 0 unspecified atom stereocenters. The summed E-state index contributed by atoms with van der Waals surface area (Å²) in [5.41, 5.74) is -0.531. The van der Waals surface area contributed by atoms with E-state index in [1.54, 1.807) is 12.3 Å². The fraction of sp³-hybridized carbons (Fsp3) is 0.235. The number of amides is 1. The number of benzene rings is 1. The number of carbonyl (C=O) groups is 3. The van der Waals surface area contributed by atoms with Crippen LogP contribution in [0.25, 0.3) is 0 Å². The van der Waals surface area contributed by atoms with E-state index < -0.39 is 41.3 Å². The zero-order valence-corrected chi connectivity index (χ0v) is 14.4. The summed E-state index contributed by atoms with van der Waals surface area (Å²) >= 11 is 0.973. The number of aromatic nitrogens is 1. The number of hydrogen-bond acceptors (Lipinski definition) is 5. The summed E-state index contributed by atoms with van der Waals surface area (Å²) in [7, 11) is 0. The van der Waals surface area contributed by atoms with Crippen molar-refractivity contribution in [3.8, 4) is 0 Å². The summed E-state index contributed by atoms with van der Waals surface area (Å²) in [6.45, 7) is -0.468. The molecule has 0 bridgehead atoms. The van der Waals surface area contributed by atoms with Gasteiger partial charge in [-0.15, -0.1) is 11.8 Å². The lowest BCUT2D eigenvalue weighted by atomic mass is 10.1. The second kappa shape index (κ2) is 7.47. The number of rotatable bonds is 5. The molecule has 3 rings (SSSR count). The van der Waals surface area contributed by atoms with Crippen LogP contribution in [0.1, 0.15) is 22.5 Å². The number of anilines is 1. The monoisotopic (exact) mass is 398 g/mol. The second-order valence-electron chi connectivity index (χ2n) is 5.68. The molecule has 2 aromatic rings. The Balaban J connectivity index is 1.59. The topological polar surface area (TPSA) is 88.3 Å². The van der Waals surface area contributed by atoms with Gasteiger partial charge in [-0.1, -0.05) is 0 Å². The minimum absolute atomic E-state index is 0.0476. The summed E-state index contributed by atoms with van der Waals surface area (Å²) in [6, 6.07) is 6.17. The van der Waals surface area contributed by atoms with E-state index in [4.69, 9.17) is 4.74 Å². The lowest BCUT2D eigenvalue weighted by molar-refractivity contribution is -0.143. The molecule has 0 saturated heterocycles. The highest BCUT2D eigenvalue weighted by molar-refractivity contribution is 8.01. The molecule has 1 aliphatic heterocycles. The highest BCUT2D eigenvalue weighted by atomic mass is 32.2. The number of aromatic amines is 1. The molecule has 1 atom stereocenters. The Labute approximate surface area is 155 Å². The Bertz CT molecular complexity index is 881. The Kier molecular flexibility index (Phi) is 5.26. The number of esters is 1. The highest BCUT2D eigenvalue weighted by Gasteiger charge is 2.34. The molecule has 6 nitrogen and oxygen atoms in total. The number of nitrogens with one attached hydrogen (secondary N) is 2. The third-order valence-electron chi connectivity index (χ3n) is 3.74. The number of carbonyl (C=O) groups excluding carboxylic acids is 3. The standard InChI is InChI=1S/C17H13F3N2O4S/c18-17(19,20)9-3-4-13-11(6-9)22-16(25)14(27-13)7-15(24)26-8-12(23)10-2-1-5-21-10/h1-6,14,21H,7-8H2,(H,22,25)/t14-/m1/s1. The molecule has 0 saturated carbocycles. The fourth-order valence-corrected chi connectivity index (χ4v) is 3.47. The van der Waals surface area contributed by atoms with Gasteiger partial charge in [0.25, 0.3) is 0 Å². The van der Waals surface area contributed by atoms with Gasteiger partial charge in [0, 0.05) is 11.1 Å². The summed E-state index contributed by atoms with van der Waals surface area (Å²) in [4.78, 5) is 38.9. The molecule has 2 heterocycles. The van der Waals surface area contributed by atoms with Gasteiger partial charge >= 0.3 is 12.1 Å². The normalized spacial score (nSPS) is 16.4. The lowest BCUT2D eigenvalue weighted by Crippen LogP contribution is -2.32. The van der Waals surface area contributed by atoms with Gasteiger partial charge in [0.2, 0.25) is 11.7 Å². The van der Waals surface area contributed by atoms with E-state index in [1.807, 2.05) is 0 Å². The van der Waals surface area contributed by atoms with Gasteiger partial charge < -0.3 is 15.0 Å². The van der Waals surface area contributed by atoms with Gasteiger partial charge in [-0.3, -0.25) is 14.4 Å². The molecular weight excluding hydrogens is 385 g/mol. The molecule has 1 aromatic carbocycles. The van der Waals surface area contributed by atoms with Crippen LogP contribution in [0.2, 0.25) is 0 Å². The van der Waals surface area contributed by atoms with Crippen LogP contribution in [0.4, 0.5) is 18.9 Å². The zero-order chi connectivity index (χ0) is 19.6. The summed E-state index contributed by atoms with van der Waals surface area (Å²) in [6.07, 6.45) is -3.27. The minimum atomic E-state index is -4.52. The fourth-order valence-electron chi connectivity index (χ4n) is 2.40. The number of Topliss-reactive ketones (excluding diaryl/α,β-unsaturated/α-hetero) is 1. The van der Waals surface area contributed by atoms with Crippen molar-refractivity contribution in [2.24, 2.45) is 0 Å². The average Bonchev–Trinajstić information content (AvgIpc) is 3.14. The van der Waals surface area contributed by atoms with Crippen molar-refractivity contribution in [3.05, 3.63) is 47.8 Å². The number of ether oxygens (including phenoxy) is 1. The first-order valence-electron chi connectivity index (χ1n) is 7.75. The van der Waals surface area contributed by atoms with Crippen LogP contribution in [0.5, 0.6) is 0 Å². The van der Waals surface area contributed by atoms with Crippen LogP contribution in [-0.2, 0) is 20.5 Å². The quantitative estimate of drug-likeness (QED) is 0.596. The molecule has 10 heteroatoms. The van der Waals surface area contributed by atoms with Gasteiger partial charge in [-0.05, 0) is 30.3 Å². The Morgan fingerprint density at radius 3 is 2.67 bits per heavy atom. The van der Waals surface area contributed by atoms with Crippen molar-refractivity contribution >= 4 is 35.1 Å². The number of alkyl halides is 3. The van der Waals surface area contributed by atoms with E-state index in [9.17, 15) is 27.6 Å². The maximum atomic E-state index is 12.7. The van der Waals surface area contributed by atoms with Crippen LogP contribution >= 0.6 is 11.8 Å². The smallest absolute Gasteiger partial charge is 0.416 e. The maximum absolute atomic E-state index is 12.7. The Morgan fingerprint density at radius 1 is 1.22 bits per heavy atom. The third-order valence-corrected chi connectivity index (χ3v) is 5.02. The minimum Gasteiger partial charge on any atom is -0.457 e. The Hall–Kier alpha value is -2.75. The first-order valence-corrected chi connectivity index (χ1v) is 8.63. The lowest BCUT2D eigenvalue weighted by Gasteiger charge is -2.24. The van der Waals surface area contributed by atoms with E-state index >= 15 is 0 Å². The molecule has 0 spiro atoms. The van der Waals surface area contributed by atoms with E-state index in [-0.39, 0.29) is 12.1 Å². The molecular formula is C17H13F3N2O4S. The van der Waals surface area contributed by atoms with Crippen molar-refractivity contribution in [2.45, 2.75) is 22.7 Å². The molecule has 0 radical (unpaired) electrons. The van der Waals surface area contributed by atoms with E-state index in [2.05, 4.69) is 10.3 Å². The predicted molar refractivity (Wildman–Crippen MR) is 90.4 cm³/mol. The van der Waals surface area contributed by atoms with Crippen LogP contribution in [0.3, 0.4) is 0 Å². The second-order valence-corrected chi connectivity index (χ2v) is 6.92.